The van der Waals surface area contributed by atoms with Gasteiger partial charge in [0.25, 0.3) is 0 Å². The molecule has 7 nitrogen and oxygen atoms in total. The Hall–Kier alpha value is -0.600. The highest BCUT2D eigenvalue weighted by molar-refractivity contribution is 7.55. The lowest BCUT2D eigenvalue weighted by Gasteiger charge is -2.40. The van der Waals surface area contributed by atoms with Crippen LogP contribution < -0.4 is 0 Å². The summed E-state index contributed by atoms with van der Waals surface area (Å²) in [7, 11) is -5.26. The fourth-order valence-electron chi connectivity index (χ4n) is 1.74. The number of aliphatic hydroxyl groups is 1. The van der Waals surface area contributed by atoms with Crippen LogP contribution in [-0.2, 0) is 27.9 Å². The van der Waals surface area contributed by atoms with Gasteiger partial charge in [-0.3, -0.25) is 4.57 Å². The molecule has 150 valence electrons. The topological polar surface area (TPSA) is 91.3 Å². The van der Waals surface area contributed by atoms with Crippen LogP contribution in [0, 0.1) is 0 Å². The minimum atomic E-state index is -5.26. The minimum Gasteiger partial charge on any atom is -0.456 e. The van der Waals surface area contributed by atoms with Gasteiger partial charge in [0, 0.05) is 0 Å². The number of carbonyl (C=O) groups excluding carboxylic acids is 1. The summed E-state index contributed by atoms with van der Waals surface area (Å²) in [6.45, 7) is 10.1. The van der Waals surface area contributed by atoms with Gasteiger partial charge in [-0.15, -0.1) is 0 Å². The summed E-state index contributed by atoms with van der Waals surface area (Å²) in [6.07, 6.45) is 0. The van der Waals surface area contributed by atoms with Gasteiger partial charge < -0.3 is 23.6 Å². The summed E-state index contributed by atoms with van der Waals surface area (Å²) in [5.74, 6) is -5.67. The normalized spacial score (nSPS) is 16.4. The zero-order valence-electron chi connectivity index (χ0n) is 16.0. The van der Waals surface area contributed by atoms with Crippen LogP contribution in [0.3, 0.4) is 0 Å². The second-order valence-electron chi connectivity index (χ2n) is 7.23. The molecule has 1 unspecified atom stereocenters. The number of hydrogen-bond donors (Lipinski definition) is 1. The molecule has 0 heterocycles. The van der Waals surface area contributed by atoms with Gasteiger partial charge in [-0.2, -0.15) is 8.78 Å². The number of halogens is 2. The zero-order valence-corrected chi connectivity index (χ0v) is 16.9. The lowest BCUT2D eigenvalue weighted by atomic mass is 10.1. The highest BCUT2D eigenvalue weighted by Crippen LogP contribution is 2.66. The van der Waals surface area contributed by atoms with Crippen LogP contribution in [0.25, 0.3) is 0 Å². The van der Waals surface area contributed by atoms with Gasteiger partial charge in [0.05, 0.1) is 18.8 Å². The molecular formula is C15H29F2O7P. The Morgan fingerprint density at radius 2 is 1.36 bits per heavy atom. The van der Waals surface area contributed by atoms with Crippen molar-refractivity contribution in [3.8, 4) is 0 Å². The molecule has 1 atom stereocenters. The van der Waals surface area contributed by atoms with Crippen molar-refractivity contribution in [3.05, 3.63) is 0 Å². The van der Waals surface area contributed by atoms with Crippen molar-refractivity contribution in [1.29, 1.82) is 0 Å². The molecule has 1 N–H and O–H groups in total. The Kier molecular flexibility index (Phi) is 7.77. The van der Waals surface area contributed by atoms with E-state index in [1.165, 1.54) is 55.4 Å². The third kappa shape index (κ3) is 5.96. The highest BCUT2D eigenvalue weighted by atomic mass is 31.2. The summed E-state index contributed by atoms with van der Waals surface area (Å²) in [4.78, 5) is 12.4. The van der Waals surface area contributed by atoms with Crippen molar-refractivity contribution >= 4 is 13.6 Å². The molecule has 25 heavy (non-hydrogen) atoms. The fourth-order valence-corrected chi connectivity index (χ4v) is 3.33. The summed E-state index contributed by atoms with van der Waals surface area (Å²) < 4.78 is 61.7. The van der Waals surface area contributed by atoms with Crippen molar-refractivity contribution in [2.75, 3.05) is 13.2 Å². The van der Waals surface area contributed by atoms with Gasteiger partial charge in [0.1, 0.15) is 5.60 Å². The van der Waals surface area contributed by atoms with E-state index >= 15 is 8.78 Å². The number of alkyl halides is 2. The molecule has 0 spiro atoms. The van der Waals surface area contributed by atoms with Gasteiger partial charge in [0.15, 0.2) is 0 Å². The van der Waals surface area contributed by atoms with Gasteiger partial charge in [-0.25, -0.2) is 4.79 Å². The molecule has 10 heteroatoms. The minimum absolute atomic E-state index is 0.396. The number of hydrogen-bond acceptors (Lipinski definition) is 7. The number of rotatable bonds is 8. The van der Waals surface area contributed by atoms with Crippen molar-refractivity contribution in [2.45, 2.75) is 78.0 Å². The summed E-state index contributed by atoms with van der Waals surface area (Å²) in [5.41, 5.74) is -7.33. The second kappa shape index (κ2) is 7.96. The standard InChI is InChI=1S/C15H29F2O7P/c1-9-21-25(20,22-10-2)15(16,17)14(19,24-13(6,7)8)11(18)23-12(3,4)5/h19H,9-10H2,1-8H3. The van der Waals surface area contributed by atoms with Crippen LogP contribution in [0.15, 0.2) is 0 Å². The maximum Gasteiger partial charge on any atom is 0.409 e. The molecule has 0 aromatic heterocycles. The van der Waals surface area contributed by atoms with Crippen LogP contribution in [-0.4, -0.2) is 46.9 Å². The van der Waals surface area contributed by atoms with E-state index in [0.717, 1.165) is 0 Å². The molecule has 0 aromatic rings. The Bertz CT molecular complexity index is 501. The number of ether oxygens (including phenoxy) is 2. The van der Waals surface area contributed by atoms with Gasteiger partial charge >= 0.3 is 25.0 Å². The van der Waals surface area contributed by atoms with Crippen LogP contribution in [0.5, 0.6) is 0 Å². The lowest BCUT2D eigenvalue weighted by Crippen LogP contribution is -2.61. The third-order valence-corrected chi connectivity index (χ3v) is 4.67. The Morgan fingerprint density at radius 3 is 1.64 bits per heavy atom. The first kappa shape index (κ1) is 24.4. The van der Waals surface area contributed by atoms with E-state index in [9.17, 15) is 14.5 Å². The van der Waals surface area contributed by atoms with E-state index in [4.69, 9.17) is 9.47 Å². The molecule has 0 aliphatic heterocycles. The first-order valence-corrected chi connectivity index (χ1v) is 9.43. The molecule has 0 saturated carbocycles. The van der Waals surface area contributed by atoms with Crippen LogP contribution in [0.4, 0.5) is 8.78 Å². The Balaban J connectivity index is 6.27. The van der Waals surface area contributed by atoms with Crippen molar-refractivity contribution in [1.82, 2.24) is 0 Å². The van der Waals surface area contributed by atoms with Crippen LogP contribution in [0.2, 0.25) is 0 Å². The molecule has 0 rings (SSSR count). The highest BCUT2D eigenvalue weighted by Gasteiger charge is 2.74. The van der Waals surface area contributed by atoms with Gasteiger partial charge in [-0.1, -0.05) is 0 Å². The second-order valence-corrected chi connectivity index (χ2v) is 9.31. The van der Waals surface area contributed by atoms with E-state index in [2.05, 4.69) is 9.05 Å². The van der Waals surface area contributed by atoms with Gasteiger partial charge in [-0.05, 0) is 55.4 Å². The molecule has 0 aliphatic carbocycles. The largest absolute Gasteiger partial charge is 0.456 e. The summed E-state index contributed by atoms with van der Waals surface area (Å²) in [5, 5.41) is 10.5. The predicted octanol–water partition coefficient (Wildman–Crippen LogP) is 3.69. The summed E-state index contributed by atoms with van der Waals surface area (Å²) >= 11 is 0. The molecule has 0 saturated heterocycles. The molecular weight excluding hydrogens is 361 g/mol. The number of esters is 1. The molecule has 0 bridgehead atoms. The third-order valence-electron chi connectivity index (χ3n) is 2.48. The zero-order chi connectivity index (χ0) is 20.3. The predicted molar refractivity (Wildman–Crippen MR) is 87.4 cm³/mol. The Labute approximate surface area is 147 Å². The lowest BCUT2D eigenvalue weighted by molar-refractivity contribution is -0.319. The van der Waals surface area contributed by atoms with E-state index < -0.39 is 49.4 Å². The number of carbonyl (C=O) groups is 1. The van der Waals surface area contributed by atoms with Crippen molar-refractivity contribution in [2.24, 2.45) is 0 Å². The maximum absolute atomic E-state index is 15.1. The molecule has 0 amide bonds. The molecule has 0 aliphatic rings. The van der Waals surface area contributed by atoms with E-state index in [0.29, 0.717) is 0 Å². The molecule has 0 fully saturated rings. The Morgan fingerprint density at radius 1 is 0.960 bits per heavy atom. The average Bonchev–Trinajstić information content (AvgIpc) is 2.34. The monoisotopic (exact) mass is 390 g/mol. The van der Waals surface area contributed by atoms with Crippen LogP contribution >= 0.6 is 7.60 Å². The molecule has 0 radical (unpaired) electrons. The SMILES string of the molecule is CCOP(=O)(OCC)C(F)(F)C(O)(OC(C)(C)C)C(=O)OC(C)(C)C. The van der Waals surface area contributed by atoms with Crippen molar-refractivity contribution < 1.29 is 41.8 Å². The van der Waals surface area contributed by atoms with E-state index in [1.807, 2.05) is 0 Å². The molecule has 0 aromatic carbocycles. The van der Waals surface area contributed by atoms with E-state index in [1.54, 1.807) is 0 Å². The smallest absolute Gasteiger partial charge is 0.409 e. The summed E-state index contributed by atoms with van der Waals surface area (Å²) in [6, 6.07) is 0. The first-order valence-electron chi connectivity index (χ1n) is 7.89. The average molecular weight is 390 g/mol. The van der Waals surface area contributed by atoms with E-state index in [-0.39, 0.29) is 0 Å². The fraction of sp³-hybridized carbons (Fsp3) is 0.933. The van der Waals surface area contributed by atoms with Gasteiger partial charge in [0.2, 0.25) is 0 Å². The quantitative estimate of drug-likeness (QED) is 0.384. The van der Waals surface area contributed by atoms with Crippen LogP contribution in [0.1, 0.15) is 55.4 Å². The maximum atomic E-state index is 15.1. The van der Waals surface area contributed by atoms with Crippen molar-refractivity contribution in [3.63, 3.8) is 0 Å². The first-order chi connectivity index (χ1) is 11.0.